The fourth-order valence-electron chi connectivity index (χ4n) is 1.88. The Morgan fingerprint density at radius 1 is 1.36 bits per heavy atom. The Hall–Kier alpha value is -0.0300. The van der Waals surface area contributed by atoms with Crippen LogP contribution in [0.15, 0.2) is 0 Å². The number of alkyl halides is 1. The molecule has 0 amide bonds. The van der Waals surface area contributed by atoms with Crippen LogP contribution in [0.1, 0.15) is 39.5 Å². The molecule has 0 heterocycles. The van der Waals surface area contributed by atoms with Gasteiger partial charge in [-0.3, -0.25) is 0 Å². The molecule has 0 aliphatic heterocycles. The van der Waals surface area contributed by atoms with Gasteiger partial charge in [0.1, 0.15) is 4.32 Å². The molecule has 1 atom stereocenters. The molecule has 1 fully saturated rings. The second-order valence-electron chi connectivity index (χ2n) is 4.27. The molecule has 0 N–H and O–H groups in total. The molecule has 1 aliphatic rings. The average molecular weight is 216 g/mol. The van der Waals surface area contributed by atoms with Gasteiger partial charge in [-0.2, -0.15) is 5.26 Å². The van der Waals surface area contributed by atoms with Crippen LogP contribution in [-0.4, -0.2) is 4.32 Å². The van der Waals surface area contributed by atoms with E-state index in [0.717, 1.165) is 12.8 Å². The van der Waals surface area contributed by atoms with Crippen LogP contribution in [0.4, 0.5) is 0 Å². The molecule has 2 heteroatoms. The summed E-state index contributed by atoms with van der Waals surface area (Å²) in [5, 5.41) is 8.89. The molecular weight excluding hydrogens is 202 g/mol. The third-order valence-electron chi connectivity index (χ3n) is 2.39. The molecule has 1 rings (SSSR count). The number of halogens is 1. The normalized spacial score (nSPS) is 36.2. The summed E-state index contributed by atoms with van der Waals surface area (Å²) < 4.78 is -0.227. The third kappa shape index (κ3) is 2.20. The van der Waals surface area contributed by atoms with Crippen molar-refractivity contribution >= 4 is 15.9 Å². The number of hydrogen-bond donors (Lipinski definition) is 0. The second-order valence-corrected chi connectivity index (χ2v) is 5.79. The van der Waals surface area contributed by atoms with Crippen molar-refractivity contribution in [1.82, 2.24) is 0 Å². The monoisotopic (exact) mass is 215 g/mol. The summed E-state index contributed by atoms with van der Waals surface area (Å²) in [4.78, 5) is 0. The minimum atomic E-state index is -0.227. The van der Waals surface area contributed by atoms with Crippen LogP contribution in [0.2, 0.25) is 0 Å². The number of nitrogens with zero attached hydrogens (tertiary/aromatic N) is 1. The van der Waals surface area contributed by atoms with Crippen LogP contribution in [-0.2, 0) is 0 Å². The van der Waals surface area contributed by atoms with Crippen LogP contribution in [0.5, 0.6) is 0 Å². The van der Waals surface area contributed by atoms with E-state index in [1.165, 1.54) is 12.8 Å². The molecular formula is C9H14BrN. The second kappa shape index (κ2) is 2.79. The molecule has 0 aromatic rings. The Labute approximate surface area is 76.9 Å². The van der Waals surface area contributed by atoms with Gasteiger partial charge >= 0.3 is 0 Å². The van der Waals surface area contributed by atoms with Gasteiger partial charge in [0.25, 0.3) is 0 Å². The summed E-state index contributed by atoms with van der Waals surface area (Å²) in [6, 6.07) is 2.35. The van der Waals surface area contributed by atoms with Crippen molar-refractivity contribution in [3.8, 4) is 6.07 Å². The van der Waals surface area contributed by atoms with Crippen molar-refractivity contribution in [2.45, 2.75) is 43.9 Å². The molecule has 0 saturated heterocycles. The first-order valence-corrected chi connectivity index (χ1v) is 4.87. The summed E-state index contributed by atoms with van der Waals surface area (Å²) >= 11 is 3.51. The van der Waals surface area contributed by atoms with Crippen LogP contribution < -0.4 is 0 Å². The highest BCUT2D eigenvalue weighted by molar-refractivity contribution is 9.10. The predicted octanol–water partition coefficient (Wildman–Crippen LogP) is 3.24. The Kier molecular flexibility index (Phi) is 2.29. The molecule has 1 saturated carbocycles. The van der Waals surface area contributed by atoms with E-state index < -0.39 is 0 Å². The lowest BCUT2D eigenvalue weighted by Gasteiger charge is -2.37. The number of nitriles is 1. The highest BCUT2D eigenvalue weighted by atomic mass is 79.9. The lowest BCUT2D eigenvalue weighted by molar-refractivity contribution is 0.229. The Morgan fingerprint density at radius 3 is 2.36 bits per heavy atom. The molecule has 0 spiro atoms. The Balaban J connectivity index is 2.69. The molecule has 11 heavy (non-hydrogen) atoms. The average Bonchev–Trinajstić information content (AvgIpc) is 1.85. The van der Waals surface area contributed by atoms with Crippen molar-refractivity contribution in [1.29, 1.82) is 5.26 Å². The maximum absolute atomic E-state index is 8.89. The van der Waals surface area contributed by atoms with Crippen molar-refractivity contribution in [2.24, 2.45) is 5.41 Å². The highest BCUT2D eigenvalue weighted by Crippen LogP contribution is 2.44. The molecule has 0 radical (unpaired) electrons. The Bertz CT molecular complexity index is 192. The summed E-state index contributed by atoms with van der Waals surface area (Å²) in [6.07, 6.45) is 4.41. The van der Waals surface area contributed by atoms with Crippen LogP contribution in [0.25, 0.3) is 0 Å². The van der Waals surface area contributed by atoms with E-state index in [9.17, 15) is 0 Å². The number of hydrogen-bond acceptors (Lipinski definition) is 1. The fourth-order valence-corrected chi connectivity index (χ4v) is 2.92. The van der Waals surface area contributed by atoms with Gasteiger partial charge in [0, 0.05) is 0 Å². The van der Waals surface area contributed by atoms with E-state index in [2.05, 4.69) is 35.8 Å². The van der Waals surface area contributed by atoms with E-state index in [1.807, 2.05) is 0 Å². The third-order valence-corrected chi connectivity index (χ3v) is 3.24. The van der Waals surface area contributed by atoms with Gasteiger partial charge in [-0.1, -0.05) is 36.2 Å². The highest BCUT2D eigenvalue weighted by Gasteiger charge is 2.37. The van der Waals surface area contributed by atoms with Crippen LogP contribution in [0, 0.1) is 16.7 Å². The van der Waals surface area contributed by atoms with Gasteiger partial charge in [-0.15, -0.1) is 0 Å². The molecule has 0 bridgehead atoms. The summed E-state index contributed by atoms with van der Waals surface area (Å²) in [5.41, 5.74) is 0.345. The smallest absolute Gasteiger partial charge is 0.112 e. The lowest BCUT2D eigenvalue weighted by atomic mass is 9.72. The zero-order valence-electron chi connectivity index (χ0n) is 7.15. The van der Waals surface area contributed by atoms with Gasteiger partial charge in [0.2, 0.25) is 0 Å². The SMILES string of the molecule is CC1(C)CCCC(Br)(C#N)C1. The number of rotatable bonds is 0. The first-order valence-electron chi connectivity index (χ1n) is 4.08. The van der Waals surface area contributed by atoms with Crippen molar-refractivity contribution in [2.75, 3.05) is 0 Å². The molecule has 62 valence electrons. The molecule has 0 aromatic carbocycles. The van der Waals surface area contributed by atoms with Gasteiger partial charge in [0.05, 0.1) is 6.07 Å². The molecule has 0 aromatic heterocycles. The van der Waals surface area contributed by atoms with Crippen molar-refractivity contribution in [3.63, 3.8) is 0 Å². The van der Waals surface area contributed by atoms with Gasteiger partial charge < -0.3 is 0 Å². The predicted molar refractivity (Wildman–Crippen MR) is 49.5 cm³/mol. The standard InChI is InChI=1S/C9H14BrN/c1-8(2)4-3-5-9(10,6-8)7-11/h3-6H2,1-2H3. The maximum Gasteiger partial charge on any atom is 0.112 e. The summed E-state index contributed by atoms with van der Waals surface area (Å²) in [6.45, 7) is 4.47. The zero-order chi connectivity index (χ0) is 8.54. The quantitative estimate of drug-likeness (QED) is 0.570. The van der Waals surface area contributed by atoms with Crippen LogP contribution >= 0.6 is 15.9 Å². The summed E-state index contributed by atoms with van der Waals surface area (Å²) in [5.74, 6) is 0. The Morgan fingerprint density at radius 2 is 2.00 bits per heavy atom. The lowest BCUT2D eigenvalue weighted by Crippen LogP contribution is -2.32. The largest absolute Gasteiger partial charge is 0.197 e. The zero-order valence-corrected chi connectivity index (χ0v) is 8.74. The van der Waals surface area contributed by atoms with Gasteiger partial charge in [-0.05, 0) is 24.7 Å². The van der Waals surface area contributed by atoms with E-state index in [1.54, 1.807) is 0 Å². The van der Waals surface area contributed by atoms with Gasteiger partial charge in [-0.25, -0.2) is 0 Å². The van der Waals surface area contributed by atoms with Crippen molar-refractivity contribution < 1.29 is 0 Å². The topological polar surface area (TPSA) is 23.8 Å². The van der Waals surface area contributed by atoms with E-state index in [4.69, 9.17) is 5.26 Å². The first-order chi connectivity index (χ1) is 4.97. The first kappa shape index (κ1) is 9.06. The van der Waals surface area contributed by atoms with Crippen molar-refractivity contribution in [3.05, 3.63) is 0 Å². The molecule has 1 aliphatic carbocycles. The minimum absolute atomic E-state index is 0.227. The molecule has 1 unspecified atom stereocenters. The van der Waals surface area contributed by atoms with Crippen LogP contribution in [0.3, 0.4) is 0 Å². The van der Waals surface area contributed by atoms with E-state index >= 15 is 0 Å². The summed E-state index contributed by atoms with van der Waals surface area (Å²) in [7, 11) is 0. The minimum Gasteiger partial charge on any atom is -0.197 e. The van der Waals surface area contributed by atoms with E-state index in [0.29, 0.717) is 5.41 Å². The fraction of sp³-hybridized carbons (Fsp3) is 0.889. The van der Waals surface area contributed by atoms with E-state index in [-0.39, 0.29) is 4.32 Å². The van der Waals surface area contributed by atoms with Gasteiger partial charge in [0.15, 0.2) is 0 Å². The molecule has 1 nitrogen and oxygen atoms in total. The maximum atomic E-state index is 8.89.